The predicted octanol–water partition coefficient (Wildman–Crippen LogP) is 3.47. The van der Waals surface area contributed by atoms with Crippen LogP contribution in [0.2, 0.25) is 0 Å². The van der Waals surface area contributed by atoms with Crippen molar-refractivity contribution >= 4 is 15.9 Å². The van der Waals surface area contributed by atoms with Gasteiger partial charge < -0.3 is 9.84 Å². The molecule has 0 bridgehead atoms. The van der Waals surface area contributed by atoms with Crippen molar-refractivity contribution in [1.82, 2.24) is 0 Å². The fraction of sp³-hybridized carbons (Fsp3) is 0.200. The molecule has 0 saturated heterocycles. The Bertz CT molecular complexity index is 563. The highest BCUT2D eigenvalue weighted by Crippen LogP contribution is 2.36. The number of benzene rings is 2. The van der Waals surface area contributed by atoms with E-state index in [0.717, 1.165) is 27.8 Å². The maximum absolute atomic E-state index is 10.5. The summed E-state index contributed by atoms with van der Waals surface area (Å²) >= 11 is 3.39. The van der Waals surface area contributed by atoms with Gasteiger partial charge in [0.1, 0.15) is 11.9 Å². The Balaban J connectivity index is 2.00. The quantitative estimate of drug-likeness (QED) is 0.920. The second kappa shape index (κ2) is 4.75. The molecule has 2 aromatic carbocycles. The molecule has 3 heteroatoms. The van der Waals surface area contributed by atoms with Gasteiger partial charge in [0.25, 0.3) is 0 Å². The van der Waals surface area contributed by atoms with Crippen LogP contribution in [-0.2, 0) is 6.42 Å². The molecule has 92 valence electrons. The normalized spacial score (nSPS) is 15.0. The van der Waals surface area contributed by atoms with Crippen LogP contribution in [0.4, 0.5) is 0 Å². The predicted molar refractivity (Wildman–Crippen MR) is 73.8 cm³/mol. The van der Waals surface area contributed by atoms with Crippen molar-refractivity contribution in [2.45, 2.75) is 12.5 Å². The Hall–Kier alpha value is -1.32. The second-order valence-corrected chi connectivity index (χ2v) is 5.30. The minimum Gasteiger partial charge on any atom is -0.493 e. The van der Waals surface area contributed by atoms with Gasteiger partial charge in [0.2, 0.25) is 0 Å². The molecule has 1 aliphatic heterocycles. The summed E-state index contributed by atoms with van der Waals surface area (Å²) in [5, 5.41) is 10.5. The van der Waals surface area contributed by atoms with Gasteiger partial charge in [-0.1, -0.05) is 46.3 Å². The van der Waals surface area contributed by atoms with Crippen molar-refractivity contribution in [3.63, 3.8) is 0 Å². The lowest BCUT2D eigenvalue weighted by atomic mass is 9.98. The van der Waals surface area contributed by atoms with E-state index in [9.17, 15) is 5.11 Å². The first-order chi connectivity index (χ1) is 8.75. The van der Waals surface area contributed by atoms with Gasteiger partial charge in [0, 0.05) is 16.5 Å². The SMILES string of the molecule is OC(c1ccc(Br)cc1)c1cccc2c1OCC2. The summed E-state index contributed by atoms with van der Waals surface area (Å²) in [6.45, 7) is 0.708. The van der Waals surface area contributed by atoms with Gasteiger partial charge in [-0.05, 0) is 23.3 Å². The van der Waals surface area contributed by atoms with E-state index in [2.05, 4.69) is 22.0 Å². The lowest BCUT2D eigenvalue weighted by Crippen LogP contribution is -2.02. The van der Waals surface area contributed by atoms with Crippen molar-refractivity contribution in [2.24, 2.45) is 0 Å². The summed E-state index contributed by atoms with van der Waals surface area (Å²) in [6.07, 6.45) is 0.294. The molecule has 2 aromatic rings. The lowest BCUT2D eigenvalue weighted by molar-refractivity contribution is 0.213. The maximum atomic E-state index is 10.5. The zero-order valence-electron chi connectivity index (χ0n) is 9.77. The van der Waals surface area contributed by atoms with Crippen LogP contribution in [0.3, 0.4) is 0 Å². The van der Waals surface area contributed by atoms with Crippen LogP contribution in [-0.4, -0.2) is 11.7 Å². The van der Waals surface area contributed by atoms with E-state index in [1.807, 2.05) is 36.4 Å². The van der Waals surface area contributed by atoms with E-state index in [4.69, 9.17) is 4.74 Å². The van der Waals surface area contributed by atoms with Gasteiger partial charge >= 0.3 is 0 Å². The highest BCUT2D eigenvalue weighted by molar-refractivity contribution is 9.10. The smallest absolute Gasteiger partial charge is 0.128 e. The number of fused-ring (bicyclic) bond motifs is 1. The molecule has 1 heterocycles. The number of rotatable bonds is 2. The number of ether oxygens (including phenoxy) is 1. The zero-order valence-corrected chi connectivity index (χ0v) is 11.4. The second-order valence-electron chi connectivity index (χ2n) is 4.39. The molecule has 0 radical (unpaired) electrons. The summed E-state index contributed by atoms with van der Waals surface area (Å²) in [5.74, 6) is 0.855. The van der Waals surface area contributed by atoms with Crippen molar-refractivity contribution in [3.05, 3.63) is 63.6 Å². The van der Waals surface area contributed by atoms with Crippen molar-refractivity contribution in [2.75, 3.05) is 6.61 Å². The molecule has 0 saturated carbocycles. The highest BCUT2D eigenvalue weighted by Gasteiger charge is 2.21. The van der Waals surface area contributed by atoms with Crippen LogP contribution in [0.15, 0.2) is 46.9 Å². The first-order valence-electron chi connectivity index (χ1n) is 5.94. The molecule has 0 amide bonds. The van der Waals surface area contributed by atoms with E-state index in [1.165, 1.54) is 5.56 Å². The number of hydrogen-bond acceptors (Lipinski definition) is 2. The largest absolute Gasteiger partial charge is 0.493 e. The third-order valence-corrected chi connectivity index (χ3v) is 3.75. The Morgan fingerprint density at radius 2 is 1.89 bits per heavy atom. The molecule has 1 aliphatic rings. The minimum atomic E-state index is -0.633. The molecule has 2 nitrogen and oxygen atoms in total. The molecule has 1 N–H and O–H groups in total. The topological polar surface area (TPSA) is 29.5 Å². The number of para-hydroxylation sites is 1. The number of halogens is 1. The third-order valence-electron chi connectivity index (χ3n) is 3.23. The van der Waals surface area contributed by atoms with Crippen LogP contribution in [0, 0.1) is 0 Å². The van der Waals surface area contributed by atoms with Gasteiger partial charge in [-0.15, -0.1) is 0 Å². The van der Waals surface area contributed by atoms with Crippen LogP contribution in [0.5, 0.6) is 5.75 Å². The van der Waals surface area contributed by atoms with E-state index >= 15 is 0 Å². The zero-order chi connectivity index (χ0) is 12.5. The van der Waals surface area contributed by atoms with Crippen LogP contribution >= 0.6 is 15.9 Å². The third kappa shape index (κ3) is 2.04. The summed E-state index contributed by atoms with van der Waals surface area (Å²) < 4.78 is 6.63. The summed E-state index contributed by atoms with van der Waals surface area (Å²) in [4.78, 5) is 0. The Morgan fingerprint density at radius 3 is 2.67 bits per heavy atom. The van der Waals surface area contributed by atoms with Gasteiger partial charge in [0.15, 0.2) is 0 Å². The van der Waals surface area contributed by atoms with E-state index in [-0.39, 0.29) is 0 Å². The summed E-state index contributed by atoms with van der Waals surface area (Å²) in [7, 11) is 0. The number of hydrogen-bond donors (Lipinski definition) is 1. The molecule has 0 aromatic heterocycles. The minimum absolute atomic E-state index is 0.633. The van der Waals surface area contributed by atoms with E-state index < -0.39 is 6.10 Å². The van der Waals surface area contributed by atoms with Crippen LogP contribution in [0.25, 0.3) is 0 Å². The molecular weight excluding hydrogens is 292 g/mol. The Morgan fingerprint density at radius 1 is 1.11 bits per heavy atom. The monoisotopic (exact) mass is 304 g/mol. The number of aliphatic hydroxyl groups is 1. The fourth-order valence-corrected chi connectivity index (χ4v) is 2.54. The number of aliphatic hydroxyl groups excluding tert-OH is 1. The van der Waals surface area contributed by atoms with Crippen molar-refractivity contribution in [3.8, 4) is 5.75 Å². The van der Waals surface area contributed by atoms with Crippen molar-refractivity contribution in [1.29, 1.82) is 0 Å². The van der Waals surface area contributed by atoms with E-state index in [1.54, 1.807) is 0 Å². The van der Waals surface area contributed by atoms with Gasteiger partial charge in [-0.25, -0.2) is 0 Å². The molecular formula is C15H13BrO2. The first-order valence-corrected chi connectivity index (χ1v) is 6.73. The average Bonchev–Trinajstić information content (AvgIpc) is 2.87. The van der Waals surface area contributed by atoms with Gasteiger partial charge in [-0.2, -0.15) is 0 Å². The van der Waals surface area contributed by atoms with Crippen LogP contribution < -0.4 is 4.74 Å². The van der Waals surface area contributed by atoms with Crippen LogP contribution in [0.1, 0.15) is 22.8 Å². The average molecular weight is 305 g/mol. The summed E-state index contributed by atoms with van der Waals surface area (Å²) in [6, 6.07) is 13.7. The molecule has 1 unspecified atom stereocenters. The Labute approximate surface area is 114 Å². The molecule has 18 heavy (non-hydrogen) atoms. The molecule has 0 fully saturated rings. The van der Waals surface area contributed by atoms with Crippen molar-refractivity contribution < 1.29 is 9.84 Å². The fourth-order valence-electron chi connectivity index (χ4n) is 2.28. The van der Waals surface area contributed by atoms with E-state index in [0.29, 0.717) is 6.61 Å². The first kappa shape index (κ1) is 11.8. The van der Waals surface area contributed by atoms with Gasteiger partial charge in [0.05, 0.1) is 6.61 Å². The highest BCUT2D eigenvalue weighted by atomic mass is 79.9. The van der Waals surface area contributed by atoms with Gasteiger partial charge in [-0.3, -0.25) is 0 Å². The molecule has 3 rings (SSSR count). The Kier molecular flexibility index (Phi) is 3.10. The maximum Gasteiger partial charge on any atom is 0.128 e. The molecule has 0 spiro atoms. The lowest BCUT2D eigenvalue weighted by Gasteiger charge is -2.15. The molecule has 0 aliphatic carbocycles. The standard InChI is InChI=1S/C15H13BrO2/c16-12-6-4-10(5-7-12)14(17)13-3-1-2-11-8-9-18-15(11)13/h1-7,14,17H,8-9H2. The summed E-state index contributed by atoms with van der Waals surface area (Å²) in [5.41, 5.74) is 2.91. The molecule has 1 atom stereocenters.